The molecule has 2 aliphatic rings. The van der Waals surface area contributed by atoms with E-state index in [-0.39, 0.29) is 23.2 Å². The maximum Gasteiger partial charge on any atom is 0.323 e. The van der Waals surface area contributed by atoms with E-state index in [2.05, 4.69) is 19.6 Å². The lowest BCUT2D eigenvalue weighted by atomic mass is 9.82. The molecule has 2 aliphatic carbocycles. The summed E-state index contributed by atoms with van der Waals surface area (Å²) in [6.45, 7) is 10.4. The first-order chi connectivity index (χ1) is 11.0. The zero-order valence-electron chi connectivity index (χ0n) is 15.7. The second-order valence-corrected chi connectivity index (χ2v) is 13.7. The Labute approximate surface area is 144 Å². The van der Waals surface area contributed by atoms with Crippen molar-refractivity contribution < 1.29 is 23.9 Å². The zero-order valence-corrected chi connectivity index (χ0v) is 16.7. The molecule has 3 atom stereocenters. The summed E-state index contributed by atoms with van der Waals surface area (Å²) in [4.78, 5) is 38.0. The van der Waals surface area contributed by atoms with Crippen molar-refractivity contribution in [2.24, 2.45) is 17.3 Å². The van der Waals surface area contributed by atoms with E-state index >= 15 is 0 Å². The number of carbonyl (C=O) groups is 3. The van der Waals surface area contributed by atoms with Gasteiger partial charge < -0.3 is 9.47 Å². The van der Waals surface area contributed by atoms with Crippen LogP contribution in [0.3, 0.4) is 0 Å². The van der Waals surface area contributed by atoms with E-state index in [1.54, 1.807) is 0 Å². The molecular weight excluding hydrogens is 324 g/mol. The molecule has 0 bridgehead atoms. The minimum absolute atomic E-state index is 0.0206. The van der Waals surface area contributed by atoms with Crippen molar-refractivity contribution in [3.05, 3.63) is 11.1 Å². The lowest BCUT2D eigenvalue weighted by Gasteiger charge is -2.30. The van der Waals surface area contributed by atoms with Crippen LogP contribution in [0.5, 0.6) is 0 Å². The number of hydrogen-bond donors (Lipinski definition) is 0. The highest BCUT2D eigenvalue weighted by Gasteiger charge is 2.65. The van der Waals surface area contributed by atoms with Crippen LogP contribution in [0.25, 0.3) is 0 Å². The summed E-state index contributed by atoms with van der Waals surface area (Å²) in [6, 6.07) is 0. The topological polar surface area (TPSA) is 69.7 Å². The van der Waals surface area contributed by atoms with Gasteiger partial charge in [0.05, 0.1) is 22.3 Å². The van der Waals surface area contributed by atoms with Crippen LogP contribution in [0.15, 0.2) is 11.1 Å². The van der Waals surface area contributed by atoms with Crippen molar-refractivity contribution in [3.63, 3.8) is 0 Å². The van der Waals surface area contributed by atoms with E-state index in [4.69, 9.17) is 9.47 Å². The van der Waals surface area contributed by atoms with Gasteiger partial charge in [-0.05, 0) is 44.1 Å². The Hall–Kier alpha value is -1.43. The summed E-state index contributed by atoms with van der Waals surface area (Å²) in [5.74, 6) is -0.894. The maximum atomic E-state index is 13.0. The van der Waals surface area contributed by atoms with E-state index < -0.39 is 25.4 Å². The number of ketones is 1. The number of fused-ring (bicyclic) bond motifs is 1. The monoisotopic (exact) mass is 352 g/mol. The fourth-order valence-electron chi connectivity index (χ4n) is 4.83. The summed E-state index contributed by atoms with van der Waals surface area (Å²) in [6.07, 6.45) is 0.652. The molecule has 0 saturated heterocycles. The van der Waals surface area contributed by atoms with E-state index in [1.807, 2.05) is 13.8 Å². The largest absolute Gasteiger partial charge is 0.468 e. The Balaban J connectivity index is 2.57. The predicted octanol–water partition coefficient (Wildman–Crippen LogP) is 2.97. The molecule has 0 aromatic rings. The summed E-state index contributed by atoms with van der Waals surface area (Å²) >= 11 is 0. The Kier molecular flexibility index (Phi) is 4.83. The highest BCUT2D eigenvalue weighted by atomic mass is 28.3. The number of hydrogen-bond acceptors (Lipinski definition) is 5. The summed E-state index contributed by atoms with van der Waals surface area (Å²) in [7, 11) is 0.790. The van der Waals surface area contributed by atoms with Crippen LogP contribution >= 0.6 is 0 Å². The average Bonchev–Trinajstić information content (AvgIpc) is 2.96. The third kappa shape index (κ3) is 2.64. The third-order valence-electron chi connectivity index (χ3n) is 5.64. The molecule has 0 heterocycles. The van der Waals surface area contributed by atoms with Gasteiger partial charge in [0.2, 0.25) is 0 Å². The van der Waals surface area contributed by atoms with Crippen LogP contribution in [0, 0.1) is 17.3 Å². The van der Waals surface area contributed by atoms with Gasteiger partial charge >= 0.3 is 11.9 Å². The number of esters is 2. The SMILES string of the molecule is COC(=O)C1(C(=O)OC)C[C@H]2[C@H](C1)C(=C(C)C)C(=O)[C@H]2[Si](C)(C)C. The van der Waals surface area contributed by atoms with Crippen LogP contribution in [0.1, 0.15) is 26.7 Å². The minimum Gasteiger partial charge on any atom is -0.468 e. The third-order valence-corrected chi connectivity index (χ3v) is 8.20. The molecule has 24 heavy (non-hydrogen) atoms. The van der Waals surface area contributed by atoms with Crippen molar-refractivity contribution >= 4 is 25.8 Å². The van der Waals surface area contributed by atoms with Gasteiger partial charge in [0.1, 0.15) is 0 Å². The van der Waals surface area contributed by atoms with Gasteiger partial charge in [0, 0.05) is 5.54 Å². The molecule has 2 rings (SSSR count). The second-order valence-electron chi connectivity index (χ2n) is 8.37. The van der Waals surface area contributed by atoms with Gasteiger partial charge in [-0.2, -0.15) is 0 Å². The van der Waals surface area contributed by atoms with Crippen molar-refractivity contribution in [2.45, 2.75) is 51.9 Å². The molecule has 6 heteroatoms. The van der Waals surface area contributed by atoms with E-state index in [0.717, 1.165) is 11.1 Å². The van der Waals surface area contributed by atoms with Gasteiger partial charge in [-0.25, -0.2) is 0 Å². The molecule has 0 amide bonds. The number of carbonyl (C=O) groups excluding carboxylic acids is 3. The first kappa shape index (κ1) is 18.9. The number of allylic oxidation sites excluding steroid dienone is 2. The number of Topliss-reactive ketones (excluding diaryl/α,β-unsaturated/α-hetero) is 1. The van der Waals surface area contributed by atoms with Gasteiger partial charge in [-0.3, -0.25) is 14.4 Å². The summed E-state index contributed by atoms with van der Waals surface area (Å²) in [5.41, 5.74) is 0.463. The highest BCUT2D eigenvalue weighted by Crippen LogP contribution is 2.61. The smallest absolute Gasteiger partial charge is 0.323 e. The van der Waals surface area contributed by atoms with Crippen molar-refractivity contribution in [1.82, 2.24) is 0 Å². The van der Waals surface area contributed by atoms with Gasteiger partial charge in [-0.15, -0.1) is 0 Å². The molecule has 0 aromatic carbocycles. The van der Waals surface area contributed by atoms with E-state index in [9.17, 15) is 14.4 Å². The van der Waals surface area contributed by atoms with Gasteiger partial charge in [0.15, 0.2) is 11.2 Å². The molecule has 0 spiro atoms. The molecule has 134 valence electrons. The highest BCUT2D eigenvalue weighted by molar-refractivity contribution is 6.81. The van der Waals surface area contributed by atoms with Gasteiger partial charge in [0.25, 0.3) is 0 Å². The predicted molar refractivity (Wildman–Crippen MR) is 93.2 cm³/mol. The van der Waals surface area contributed by atoms with Crippen LogP contribution in [0.2, 0.25) is 25.2 Å². The lowest BCUT2D eigenvalue weighted by molar-refractivity contribution is -0.169. The Morgan fingerprint density at radius 1 is 1.04 bits per heavy atom. The first-order valence-electron chi connectivity index (χ1n) is 8.39. The molecule has 0 N–H and O–H groups in total. The molecular formula is C18H28O5Si. The standard InChI is InChI=1S/C18H28O5Si/c1-10(2)13-11-8-18(16(20)22-3,17(21)23-4)9-12(11)15(14(13)19)24(5,6)7/h11-12,15H,8-9H2,1-7H3/t11-,12-,15-/m0/s1. The van der Waals surface area contributed by atoms with Crippen molar-refractivity contribution in [2.75, 3.05) is 14.2 Å². The quantitative estimate of drug-likeness (QED) is 0.338. The summed E-state index contributed by atoms with van der Waals surface area (Å²) in [5, 5.41) is 0. The van der Waals surface area contributed by atoms with Gasteiger partial charge in [-0.1, -0.05) is 25.2 Å². The lowest BCUT2D eigenvalue weighted by Crippen LogP contribution is -2.41. The minimum atomic E-state index is -1.80. The van der Waals surface area contributed by atoms with Crippen LogP contribution in [-0.2, 0) is 23.9 Å². The first-order valence-corrected chi connectivity index (χ1v) is 12.0. The maximum absolute atomic E-state index is 13.0. The number of methoxy groups -OCH3 is 2. The van der Waals surface area contributed by atoms with Crippen molar-refractivity contribution in [3.8, 4) is 0 Å². The number of ether oxygens (including phenoxy) is 2. The average molecular weight is 353 g/mol. The van der Waals surface area contributed by atoms with E-state index in [0.29, 0.717) is 12.8 Å². The van der Waals surface area contributed by atoms with Crippen LogP contribution in [0.4, 0.5) is 0 Å². The summed E-state index contributed by atoms with van der Waals surface area (Å²) < 4.78 is 9.88. The zero-order chi connectivity index (χ0) is 18.4. The second kappa shape index (κ2) is 6.13. The van der Waals surface area contributed by atoms with Crippen LogP contribution < -0.4 is 0 Å². The fourth-order valence-corrected chi connectivity index (χ4v) is 7.40. The Morgan fingerprint density at radius 3 is 1.92 bits per heavy atom. The molecule has 0 unspecified atom stereocenters. The molecule has 2 saturated carbocycles. The normalized spacial score (nSPS) is 28.5. The molecule has 0 aliphatic heterocycles. The Bertz CT molecular complexity index is 593. The molecule has 0 radical (unpaired) electrons. The Morgan fingerprint density at radius 2 is 1.54 bits per heavy atom. The van der Waals surface area contributed by atoms with Crippen LogP contribution in [-0.4, -0.2) is 40.0 Å². The number of rotatable bonds is 3. The molecule has 5 nitrogen and oxygen atoms in total. The van der Waals surface area contributed by atoms with Crippen molar-refractivity contribution in [1.29, 1.82) is 0 Å². The van der Waals surface area contributed by atoms with E-state index in [1.165, 1.54) is 14.2 Å². The molecule has 0 aromatic heterocycles. The fraction of sp³-hybridized carbons (Fsp3) is 0.722. The molecule has 2 fully saturated rings.